The molecule has 0 radical (unpaired) electrons. The quantitative estimate of drug-likeness (QED) is 0.776. The maximum atomic E-state index is 12.3. The van der Waals surface area contributed by atoms with Crippen molar-refractivity contribution in [2.45, 2.75) is 33.1 Å². The Bertz CT molecular complexity index is 394. The Labute approximate surface area is 96.1 Å². The van der Waals surface area contributed by atoms with Gasteiger partial charge < -0.3 is 5.73 Å². The third kappa shape index (κ3) is 1.94. The summed E-state index contributed by atoms with van der Waals surface area (Å²) in [5.41, 5.74) is 7.37. The molecule has 1 aliphatic carbocycles. The van der Waals surface area contributed by atoms with E-state index < -0.39 is 0 Å². The molecule has 16 heavy (non-hydrogen) atoms. The van der Waals surface area contributed by atoms with Crippen molar-refractivity contribution in [2.24, 2.45) is 11.8 Å². The largest absolute Gasteiger partial charge is 0.383 e. The average molecular weight is 218 g/mol. The minimum absolute atomic E-state index is 0.153. The van der Waals surface area contributed by atoms with E-state index in [1.165, 1.54) is 0 Å². The summed E-state index contributed by atoms with van der Waals surface area (Å²) in [5, 5.41) is 0. The number of ketones is 1. The molecule has 2 unspecified atom stereocenters. The van der Waals surface area contributed by atoms with Crippen LogP contribution in [0.4, 0.5) is 5.82 Å². The zero-order valence-corrected chi connectivity index (χ0v) is 9.86. The fraction of sp³-hybridized carbons (Fsp3) is 0.538. The summed E-state index contributed by atoms with van der Waals surface area (Å²) in [6, 6.07) is 1.85. The molecular formula is C13H18N2O. The van der Waals surface area contributed by atoms with Gasteiger partial charge in [0.1, 0.15) is 5.82 Å². The van der Waals surface area contributed by atoms with Crippen LogP contribution in [0.15, 0.2) is 12.3 Å². The molecule has 2 N–H and O–H groups in total. The molecular weight excluding hydrogens is 200 g/mol. The molecule has 1 aromatic heterocycles. The summed E-state index contributed by atoms with van der Waals surface area (Å²) in [6.45, 7) is 4.12. The number of carbonyl (C=O) groups excluding carboxylic acids is 1. The number of rotatable bonds is 2. The smallest absolute Gasteiger partial charge is 0.169 e. The van der Waals surface area contributed by atoms with Gasteiger partial charge in [-0.3, -0.25) is 4.79 Å². The van der Waals surface area contributed by atoms with Crippen LogP contribution in [0.25, 0.3) is 0 Å². The average Bonchev–Trinajstić information content (AvgIpc) is 2.64. The molecule has 86 valence electrons. The first-order valence-electron chi connectivity index (χ1n) is 5.85. The first-order valence-corrected chi connectivity index (χ1v) is 5.85. The van der Waals surface area contributed by atoms with Crippen LogP contribution >= 0.6 is 0 Å². The van der Waals surface area contributed by atoms with E-state index >= 15 is 0 Å². The fourth-order valence-corrected chi connectivity index (χ4v) is 2.55. The van der Waals surface area contributed by atoms with Crippen LogP contribution in [0.3, 0.4) is 0 Å². The minimum atomic E-state index is 0.153. The second kappa shape index (κ2) is 4.24. The summed E-state index contributed by atoms with van der Waals surface area (Å²) in [6.07, 6.45) is 4.79. The molecule has 1 fully saturated rings. The van der Waals surface area contributed by atoms with Gasteiger partial charge in [0.05, 0.1) is 5.56 Å². The molecule has 1 heterocycles. The van der Waals surface area contributed by atoms with E-state index in [2.05, 4.69) is 11.9 Å². The molecule has 3 nitrogen and oxygen atoms in total. The van der Waals surface area contributed by atoms with Crippen LogP contribution in [-0.2, 0) is 0 Å². The van der Waals surface area contributed by atoms with Gasteiger partial charge in [0.15, 0.2) is 5.78 Å². The van der Waals surface area contributed by atoms with Crippen LogP contribution < -0.4 is 5.73 Å². The topological polar surface area (TPSA) is 56.0 Å². The lowest BCUT2D eigenvalue weighted by Gasteiger charge is -2.12. The van der Waals surface area contributed by atoms with E-state index in [4.69, 9.17) is 5.73 Å². The van der Waals surface area contributed by atoms with Crippen LogP contribution in [0.2, 0.25) is 0 Å². The Morgan fingerprint density at radius 3 is 2.81 bits per heavy atom. The van der Waals surface area contributed by atoms with Crippen molar-refractivity contribution < 1.29 is 4.79 Å². The number of aryl methyl sites for hydroxylation is 1. The molecule has 0 spiro atoms. The maximum Gasteiger partial charge on any atom is 0.169 e. The fourth-order valence-electron chi connectivity index (χ4n) is 2.55. The van der Waals surface area contributed by atoms with Crippen LogP contribution in [0.1, 0.15) is 42.1 Å². The number of nitrogens with two attached hydrogens (primary N) is 1. The van der Waals surface area contributed by atoms with Gasteiger partial charge in [-0.25, -0.2) is 4.98 Å². The van der Waals surface area contributed by atoms with Crippen molar-refractivity contribution in [3.63, 3.8) is 0 Å². The third-order valence-corrected chi connectivity index (χ3v) is 3.50. The van der Waals surface area contributed by atoms with E-state index in [0.717, 1.165) is 24.8 Å². The normalized spacial score (nSPS) is 24.6. The van der Waals surface area contributed by atoms with Crippen molar-refractivity contribution >= 4 is 11.6 Å². The summed E-state index contributed by atoms with van der Waals surface area (Å²) >= 11 is 0. The number of hydrogen-bond acceptors (Lipinski definition) is 3. The van der Waals surface area contributed by atoms with Gasteiger partial charge in [0, 0.05) is 12.1 Å². The predicted octanol–water partition coefficient (Wildman–Crippen LogP) is 2.59. The Morgan fingerprint density at radius 2 is 2.25 bits per heavy atom. The molecule has 1 aliphatic rings. The molecule has 1 saturated carbocycles. The van der Waals surface area contributed by atoms with Gasteiger partial charge in [0.2, 0.25) is 0 Å². The van der Waals surface area contributed by atoms with Crippen molar-refractivity contribution in [1.82, 2.24) is 4.98 Å². The van der Waals surface area contributed by atoms with Crippen LogP contribution in [-0.4, -0.2) is 10.8 Å². The lowest BCUT2D eigenvalue weighted by Crippen LogP contribution is -2.16. The van der Waals surface area contributed by atoms with Gasteiger partial charge in [-0.05, 0) is 43.7 Å². The van der Waals surface area contributed by atoms with E-state index in [1.54, 1.807) is 6.20 Å². The van der Waals surface area contributed by atoms with Gasteiger partial charge in [-0.1, -0.05) is 6.92 Å². The highest BCUT2D eigenvalue weighted by atomic mass is 16.1. The molecule has 0 amide bonds. The summed E-state index contributed by atoms with van der Waals surface area (Å²) < 4.78 is 0. The monoisotopic (exact) mass is 218 g/mol. The van der Waals surface area contributed by atoms with Gasteiger partial charge in [-0.2, -0.15) is 0 Å². The second-order valence-electron chi connectivity index (χ2n) is 4.87. The number of nitrogen functional groups attached to an aromatic ring is 1. The second-order valence-corrected chi connectivity index (χ2v) is 4.87. The maximum absolute atomic E-state index is 12.3. The third-order valence-electron chi connectivity index (χ3n) is 3.50. The number of anilines is 1. The molecule has 2 rings (SSSR count). The van der Waals surface area contributed by atoms with Gasteiger partial charge >= 0.3 is 0 Å². The number of Topliss-reactive ketones (excluding diaryl/α,β-unsaturated/α-hetero) is 1. The van der Waals surface area contributed by atoms with E-state index in [9.17, 15) is 4.79 Å². The van der Waals surface area contributed by atoms with Gasteiger partial charge in [-0.15, -0.1) is 0 Å². The molecule has 2 atom stereocenters. The number of aromatic nitrogens is 1. The van der Waals surface area contributed by atoms with Crippen molar-refractivity contribution in [1.29, 1.82) is 0 Å². The highest BCUT2D eigenvalue weighted by molar-refractivity contribution is 6.02. The highest BCUT2D eigenvalue weighted by Crippen LogP contribution is 2.34. The molecule has 0 aromatic carbocycles. The lowest BCUT2D eigenvalue weighted by molar-refractivity contribution is 0.0920. The molecule has 1 aromatic rings. The Kier molecular flexibility index (Phi) is 2.95. The van der Waals surface area contributed by atoms with Gasteiger partial charge in [0.25, 0.3) is 0 Å². The highest BCUT2D eigenvalue weighted by Gasteiger charge is 2.30. The molecule has 3 heteroatoms. The van der Waals surface area contributed by atoms with E-state index in [0.29, 0.717) is 17.3 Å². The molecule has 0 saturated heterocycles. The zero-order chi connectivity index (χ0) is 11.7. The van der Waals surface area contributed by atoms with Crippen molar-refractivity contribution in [2.75, 3.05) is 5.73 Å². The Hall–Kier alpha value is -1.38. The summed E-state index contributed by atoms with van der Waals surface area (Å²) in [4.78, 5) is 16.3. The minimum Gasteiger partial charge on any atom is -0.383 e. The first-order chi connectivity index (χ1) is 7.59. The number of pyridine rings is 1. The van der Waals surface area contributed by atoms with Crippen molar-refractivity contribution in [3.05, 3.63) is 23.4 Å². The van der Waals surface area contributed by atoms with E-state index in [-0.39, 0.29) is 11.7 Å². The number of hydrogen-bond donors (Lipinski definition) is 1. The first kappa shape index (κ1) is 11.1. The summed E-state index contributed by atoms with van der Waals surface area (Å²) in [7, 11) is 0. The van der Waals surface area contributed by atoms with Crippen LogP contribution in [0, 0.1) is 18.8 Å². The predicted molar refractivity (Wildman–Crippen MR) is 64.2 cm³/mol. The lowest BCUT2D eigenvalue weighted by atomic mass is 9.93. The SMILES string of the molecule is Cc1ccnc(N)c1C(=O)C1CCC(C)C1. The standard InChI is InChI=1S/C13H18N2O/c1-8-3-4-10(7-8)12(16)11-9(2)5-6-15-13(11)14/h5-6,8,10H,3-4,7H2,1-2H3,(H2,14,15). The Balaban J connectivity index is 2.27. The van der Waals surface area contributed by atoms with Crippen molar-refractivity contribution in [3.8, 4) is 0 Å². The molecule has 0 bridgehead atoms. The number of carbonyl (C=O) groups is 1. The van der Waals surface area contributed by atoms with E-state index in [1.807, 2.05) is 13.0 Å². The Morgan fingerprint density at radius 1 is 1.50 bits per heavy atom. The van der Waals surface area contributed by atoms with Crippen LogP contribution in [0.5, 0.6) is 0 Å². The number of nitrogens with zero attached hydrogens (tertiary/aromatic N) is 1. The molecule has 0 aliphatic heterocycles. The zero-order valence-electron chi connectivity index (χ0n) is 9.86. The summed E-state index contributed by atoms with van der Waals surface area (Å²) in [5.74, 6) is 1.38.